The molecule has 1 N–H and O–H groups in total. The van der Waals surface area contributed by atoms with Crippen LogP contribution >= 0.6 is 0 Å². The van der Waals surface area contributed by atoms with Gasteiger partial charge in [-0.3, -0.25) is 14.5 Å². The summed E-state index contributed by atoms with van der Waals surface area (Å²) in [7, 11) is 1.47. The molecule has 10 nitrogen and oxygen atoms in total. The SMILES string of the molecule is COc1ccccc1N(C(=O)Cn1nnc(-c2ccc(C)o2)n1)C(C(=O)NC(C)(C)C)c1ccc(F)cc1. The van der Waals surface area contributed by atoms with Gasteiger partial charge in [0, 0.05) is 5.54 Å². The summed E-state index contributed by atoms with van der Waals surface area (Å²) >= 11 is 0. The minimum atomic E-state index is -1.16. The molecular weight excluding hydrogens is 491 g/mol. The van der Waals surface area contributed by atoms with Gasteiger partial charge in [0.15, 0.2) is 5.76 Å². The third kappa shape index (κ3) is 6.05. The Morgan fingerprint density at radius 3 is 2.45 bits per heavy atom. The summed E-state index contributed by atoms with van der Waals surface area (Å²) in [6, 6.07) is 14.6. The van der Waals surface area contributed by atoms with Gasteiger partial charge in [-0.25, -0.2) is 4.39 Å². The van der Waals surface area contributed by atoms with Crippen LogP contribution in [0.2, 0.25) is 0 Å². The predicted molar refractivity (Wildman–Crippen MR) is 138 cm³/mol. The van der Waals surface area contributed by atoms with Crippen molar-refractivity contribution in [1.82, 2.24) is 25.5 Å². The number of carbonyl (C=O) groups excluding carboxylic acids is 2. The zero-order valence-electron chi connectivity index (χ0n) is 21.8. The monoisotopic (exact) mass is 520 g/mol. The second-order valence-electron chi connectivity index (χ2n) is 9.68. The van der Waals surface area contributed by atoms with Crippen molar-refractivity contribution < 1.29 is 23.1 Å². The van der Waals surface area contributed by atoms with Crippen molar-refractivity contribution in [3.05, 3.63) is 77.8 Å². The molecule has 0 radical (unpaired) electrons. The number of furan rings is 1. The molecular formula is C27H29FN6O4. The summed E-state index contributed by atoms with van der Waals surface area (Å²) in [6.45, 7) is 6.95. The number of para-hydroxylation sites is 2. The van der Waals surface area contributed by atoms with Gasteiger partial charge in [0.05, 0.1) is 12.8 Å². The predicted octanol–water partition coefficient (Wildman–Crippen LogP) is 4.08. The highest BCUT2D eigenvalue weighted by atomic mass is 19.1. The maximum absolute atomic E-state index is 13.9. The fourth-order valence-electron chi connectivity index (χ4n) is 3.91. The number of hydrogen-bond acceptors (Lipinski definition) is 7. The molecule has 1 atom stereocenters. The summed E-state index contributed by atoms with van der Waals surface area (Å²) in [5.74, 6) is 0.240. The molecule has 2 aromatic heterocycles. The summed E-state index contributed by atoms with van der Waals surface area (Å²) < 4.78 is 24.9. The van der Waals surface area contributed by atoms with E-state index in [1.807, 2.05) is 20.8 Å². The summed E-state index contributed by atoms with van der Waals surface area (Å²) in [6.07, 6.45) is 0. The van der Waals surface area contributed by atoms with E-state index in [2.05, 4.69) is 20.7 Å². The van der Waals surface area contributed by atoms with E-state index in [0.29, 0.717) is 28.5 Å². The second kappa shape index (κ2) is 10.8. The number of aromatic nitrogens is 4. The van der Waals surface area contributed by atoms with Crippen molar-refractivity contribution in [3.8, 4) is 17.3 Å². The molecule has 0 saturated carbocycles. The lowest BCUT2D eigenvalue weighted by atomic mass is 10.0. The van der Waals surface area contributed by atoms with Crippen LogP contribution < -0.4 is 15.0 Å². The van der Waals surface area contributed by atoms with Crippen molar-refractivity contribution >= 4 is 17.5 Å². The Morgan fingerprint density at radius 2 is 1.82 bits per heavy atom. The minimum absolute atomic E-state index is 0.218. The van der Waals surface area contributed by atoms with Gasteiger partial charge in [-0.1, -0.05) is 24.3 Å². The van der Waals surface area contributed by atoms with Gasteiger partial charge < -0.3 is 14.5 Å². The Hall–Kier alpha value is -4.54. The van der Waals surface area contributed by atoms with Crippen LogP contribution in [0.1, 0.15) is 38.1 Å². The fraction of sp³-hybridized carbons (Fsp3) is 0.296. The third-order valence-electron chi connectivity index (χ3n) is 5.49. The molecule has 4 aromatic rings. The maximum Gasteiger partial charge on any atom is 0.251 e. The van der Waals surface area contributed by atoms with Crippen molar-refractivity contribution in [3.63, 3.8) is 0 Å². The van der Waals surface area contributed by atoms with Crippen LogP contribution in [0.5, 0.6) is 5.75 Å². The molecule has 0 aliphatic heterocycles. The highest BCUT2D eigenvalue weighted by Gasteiger charge is 2.36. The van der Waals surface area contributed by atoms with E-state index in [9.17, 15) is 14.0 Å². The van der Waals surface area contributed by atoms with E-state index in [-0.39, 0.29) is 12.4 Å². The molecule has 0 bridgehead atoms. The minimum Gasteiger partial charge on any atom is -0.495 e. The highest BCUT2D eigenvalue weighted by molar-refractivity contribution is 6.02. The molecule has 1 unspecified atom stereocenters. The lowest BCUT2D eigenvalue weighted by Crippen LogP contribution is -2.50. The summed E-state index contributed by atoms with van der Waals surface area (Å²) in [5.41, 5.74) is 0.153. The largest absolute Gasteiger partial charge is 0.495 e. The number of ether oxygens (including phenoxy) is 1. The van der Waals surface area contributed by atoms with E-state index >= 15 is 0 Å². The van der Waals surface area contributed by atoms with E-state index in [1.54, 1.807) is 43.3 Å². The first-order chi connectivity index (χ1) is 18.1. The topological polar surface area (TPSA) is 115 Å². The average molecular weight is 521 g/mol. The van der Waals surface area contributed by atoms with Gasteiger partial charge in [-0.05, 0) is 74.9 Å². The second-order valence-corrected chi connectivity index (χ2v) is 9.68. The van der Waals surface area contributed by atoms with E-state index in [0.717, 1.165) is 4.80 Å². The third-order valence-corrected chi connectivity index (χ3v) is 5.49. The number of benzene rings is 2. The first-order valence-corrected chi connectivity index (χ1v) is 11.9. The number of hydrogen-bond donors (Lipinski definition) is 1. The van der Waals surface area contributed by atoms with Crippen molar-refractivity contribution in [1.29, 1.82) is 0 Å². The molecule has 0 aliphatic carbocycles. The van der Waals surface area contributed by atoms with Gasteiger partial charge >= 0.3 is 0 Å². The van der Waals surface area contributed by atoms with E-state index in [4.69, 9.17) is 9.15 Å². The van der Waals surface area contributed by atoms with Crippen LogP contribution in [-0.4, -0.2) is 44.7 Å². The smallest absolute Gasteiger partial charge is 0.251 e. The van der Waals surface area contributed by atoms with Gasteiger partial charge in [-0.2, -0.15) is 4.80 Å². The lowest BCUT2D eigenvalue weighted by Gasteiger charge is -2.34. The normalized spacial score (nSPS) is 12.2. The highest BCUT2D eigenvalue weighted by Crippen LogP contribution is 2.35. The molecule has 0 fully saturated rings. The van der Waals surface area contributed by atoms with Crippen LogP contribution in [0.4, 0.5) is 10.1 Å². The van der Waals surface area contributed by atoms with Gasteiger partial charge in [0.1, 0.15) is 29.9 Å². The quantitative estimate of drug-likeness (QED) is 0.372. The summed E-state index contributed by atoms with van der Waals surface area (Å²) in [5, 5.41) is 15.2. The van der Waals surface area contributed by atoms with Gasteiger partial charge in [0.2, 0.25) is 11.7 Å². The number of carbonyl (C=O) groups is 2. The lowest BCUT2D eigenvalue weighted by molar-refractivity contribution is -0.128. The Morgan fingerprint density at radius 1 is 1.11 bits per heavy atom. The Kier molecular flexibility index (Phi) is 7.56. The van der Waals surface area contributed by atoms with Crippen molar-refractivity contribution in [2.75, 3.05) is 12.0 Å². The molecule has 2 amide bonds. The first kappa shape index (κ1) is 26.5. The number of tetrazole rings is 1. The zero-order chi connectivity index (χ0) is 27.4. The molecule has 0 spiro atoms. The van der Waals surface area contributed by atoms with Crippen LogP contribution in [0.15, 0.2) is 65.1 Å². The number of halogens is 1. The molecule has 2 heterocycles. The van der Waals surface area contributed by atoms with Gasteiger partial charge in [-0.15, -0.1) is 10.2 Å². The standard InChI is InChI=1S/C27H29FN6O4/c1-17-10-15-22(38-17)25-30-32-33(31-25)16-23(35)34(20-8-6-7-9-21(20)37-5)24(26(36)29-27(2,3)4)18-11-13-19(28)14-12-18/h6-15,24H,16H2,1-5H3,(H,29,36). The van der Waals surface area contributed by atoms with Crippen LogP contribution in [0.25, 0.3) is 11.6 Å². The zero-order valence-corrected chi connectivity index (χ0v) is 21.8. The number of anilines is 1. The molecule has 198 valence electrons. The number of rotatable bonds is 8. The number of amides is 2. The van der Waals surface area contributed by atoms with Crippen LogP contribution in [0, 0.1) is 12.7 Å². The molecule has 0 saturated heterocycles. The number of nitrogens with one attached hydrogen (secondary N) is 1. The van der Waals surface area contributed by atoms with Crippen LogP contribution in [-0.2, 0) is 16.1 Å². The number of methoxy groups -OCH3 is 1. The molecule has 0 aliphatic rings. The molecule has 4 rings (SSSR count). The van der Waals surface area contributed by atoms with E-state index in [1.165, 1.54) is 36.3 Å². The molecule has 2 aromatic carbocycles. The maximum atomic E-state index is 13.9. The van der Waals surface area contributed by atoms with Crippen LogP contribution in [0.3, 0.4) is 0 Å². The number of nitrogens with zero attached hydrogens (tertiary/aromatic N) is 5. The van der Waals surface area contributed by atoms with Crippen molar-refractivity contribution in [2.45, 2.75) is 45.8 Å². The first-order valence-electron chi connectivity index (χ1n) is 11.9. The molecule has 11 heteroatoms. The average Bonchev–Trinajstić information content (AvgIpc) is 3.51. The number of aryl methyl sites for hydroxylation is 1. The Bertz CT molecular complexity index is 1420. The Labute approximate surface area is 219 Å². The fourth-order valence-corrected chi connectivity index (χ4v) is 3.91. The van der Waals surface area contributed by atoms with E-state index < -0.39 is 29.2 Å². The van der Waals surface area contributed by atoms with Gasteiger partial charge in [0.25, 0.3) is 5.91 Å². The Balaban J connectivity index is 1.78. The summed E-state index contributed by atoms with van der Waals surface area (Å²) in [4.78, 5) is 30.1. The van der Waals surface area contributed by atoms with Crippen molar-refractivity contribution in [2.24, 2.45) is 0 Å². The molecule has 38 heavy (non-hydrogen) atoms.